The van der Waals surface area contributed by atoms with Crippen LogP contribution >= 0.6 is 15.9 Å². The number of alkyl halides is 1. The number of likely N-dealkylation sites (tertiary alicyclic amines) is 1. The zero-order valence-electron chi connectivity index (χ0n) is 8.42. The predicted molar refractivity (Wildman–Crippen MR) is 57.2 cm³/mol. The molecule has 0 bridgehead atoms. The monoisotopic (exact) mass is 262 g/mol. The summed E-state index contributed by atoms with van der Waals surface area (Å²) in [7, 11) is 1.60. The van der Waals surface area contributed by atoms with Gasteiger partial charge < -0.3 is 10.2 Å². The van der Waals surface area contributed by atoms with Gasteiger partial charge in [-0.15, -0.1) is 0 Å². The highest BCUT2D eigenvalue weighted by Crippen LogP contribution is 2.19. The third kappa shape index (κ3) is 2.26. The molecule has 1 heterocycles. The molecule has 0 aromatic carbocycles. The van der Waals surface area contributed by atoms with Gasteiger partial charge in [0.25, 0.3) is 0 Å². The van der Waals surface area contributed by atoms with E-state index >= 15 is 0 Å². The molecular formula is C9H15BrN2O2. The van der Waals surface area contributed by atoms with Gasteiger partial charge in [-0.25, -0.2) is 0 Å². The van der Waals surface area contributed by atoms with Crippen molar-refractivity contribution in [2.75, 3.05) is 13.6 Å². The minimum absolute atomic E-state index is 0.00361. The van der Waals surface area contributed by atoms with E-state index in [2.05, 4.69) is 21.2 Å². The first-order chi connectivity index (χ1) is 6.57. The fourth-order valence-electron chi connectivity index (χ4n) is 1.70. The molecule has 2 amide bonds. The Kier molecular flexibility index (Phi) is 3.92. The van der Waals surface area contributed by atoms with E-state index in [0.29, 0.717) is 6.54 Å². The first-order valence-electron chi connectivity index (χ1n) is 4.74. The molecule has 0 aromatic heterocycles. The van der Waals surface area contributed by atoms with Gasteiger partial charge >= 0.3 is 0 Å². The van der Waals surface area contributed by atoms with Crippen LogP contribution in [0.5, 0.6) is 0 Å². The Hall–Kier alpha value is -0.580. The van der Waals surface area contributed by atoms with Crippen LogP contribution in [0.1, 0.15) is 19.8 Å². The molecule has 1 aliphatic heterocycles. The standard InChI is InChI=1S/C9H15BrN2O2/c1-6(10)9(14)12-5-3-4-7(12)8(13)11-2/h6-7H,3-5H2,1-2H3,(H,11,13)/t6-,7-/m0/s1. The second-order valence-electron chi connectivity index (χ2n) is 3.42. The lowest BCUT2D eigenvalue weighted by molar-refractivity contribution is -0.137. The second kappa shape index (κ2) is 4.77. The number of carbonyl (C=O) groups excluding carboxylic acids is 2. The zero-order valence-corrected chi connectivity index (χ0v) is 10.0. The van der Waals surface area contributed by atoms with Gasteiger partial charge in [-0.2, -0.15) is 0 Å². The summed E-state index contributed by atoms with van der Waals surface area (Å²) in [6.07, 6.45) is 1.68. The molecule has 0 aromatic rings. The van der Waals surface area contributed by atoms with Crippen LogP contribution in [-0.4, -0.2) is 41.2 Å². The van der Waals surface area contributed by atoms with Crippen molar-refractivity contribution in [2.24, 2.45) is 0 Å². The summed E-state index contributed by atoms with van der Waals surface area (Å²) in [5, 5.41) is 2.58. The molecule has 0 spiro atoms. The van der Waals surface area contributed by atoms with Crippen molar-refractivity contribution in [2.45, 2.75) is 30.6 Å². The Morgan fingerprint density at radius 1 is 1.57 bits per heavy atom. The first-order valence-corrected chi connectivity index (χ1v) is 5.65. The molecule has 14 heavy (non-hydrogen) atoms. The predicted octanol–water partition coefficient (Wildman–Crippen LogP) is 0.507. The van der Waals surface area contributed by atoms with Crippen LogP contribution in [0.4, 0.5) is 0 Å². The number of hydrogen-bond acceptors (Lipinski definition) is 2. The maximum absolute atomic E-state index is 11.7. The van der Waals surface area contributed by atoms with Crippen molar-refractivity contribution in [3.8, 4) is 0 Å². The Labute approximate surface area is 92.2 Å². The molecule has 1 fully saturated rings. The number of nitrogens with one attached hydrogen (secondary N) is 1. The molecule has 0 aliphatic carbocycles. The van der Waals surface area contributed by atoms with Gasteiger partial charge in [0.1, 0.15) is 6.04 Å². The summed E-state index contributed by atoms with van der Waals surface area (Å²) >= 11 is 3.23. The number of hydrogen-bond donors (Lipinski definition) is 1. The summed E-state index contributed by atoms with van der Waals surface area (Å²) in [6, 6.07) is -0.271. The fourth-order valence-corrected chi connectivity index (χ4v) is 1.96. The quantitative estimate of drug-likeness (QED) is 0.738. The molecule has 1 rings (SSSR count). The van der Waals surface area contributed by atoms with Crippen LogP contribution in [-0.2, 0) is 9.59 Å². The van der Waals surface area contributed by atoms with Gasteiger partial charge in [-0.1, -0.05) is 15.9 Å². The second-order valence-corrected chi connectivity index (χ2v) is 4.79. The normalized spacial score (nSPS) is 23.4. The van der Waals surface area contributed by atoms with Gasteiger partial charge in [-0.3, -0.25) is 9.59 Å². The Bertz CT molecular complexity index is 243. The number of nitrogens with zero attached hydrogens (tertiary/aromatic N) is 1. The molecule has 2 atom stereocenters. The molecular weight excluding hydrogens is 248 g/mol. The van der Waals surface area contributed by atoms with E-state index in [1.165, 1.54) is 0 Å². The van der Waals surface area contributed by atoms with Crippen LogP contribution in [0.2, 0.25) is 0 Å². The van der Waals surface area contributed by atoms with Gasteiger partial charge in [0.2, 0.25) is 11.8 Å². The van der Waals surface area contributed by atoms with Crippen LogP contribution in [0.15, 0.2) is 0 Å². The number of likely N-dealkylation sites (N-methyl/N-ethyl adjacent to an activating group) is 1. The first kappa shape index (κ1) is 11.5. The van der Waals surface area contributed by atoms with Crippen molar-refractivity contribution in [3.63, 3.8) is 0 Å². The average Bonchev–Trinajstić information content (AvgIpc) is 2.63. The highest BCUT2D eigenvalue weighted by molar-refractivity contribution is 9.10. The number of rotatable bonds is 2. The van der Waals surface area contributed by atoms with E-state index in [4.69, 9.17) is 0 Å². The van der Waals surface area contributed by atoms with E-state index in [-0.39, 0.29) is 22.7 Å². The topological polar surface area (TPSA) is 49.4 Å². The maximum Gasteiger partial charge on any atom is 0.242 e. The molecule has 1 N–H and O–H groups in total. The third-order valence-electron chi connectivity index (χ3n) is 2.43. The van der Waals surface area contributed by atoms with Gasteiger partial charge in [-0.05, 0) is 19.8 Å². The van der Waals surface area contributed by atoms with Crippen molar-refractivity contribution in [1.82, 2.24) is 10.2 Å². The molecule has 0 saturated carbocycles. The van der Waals surface area contributed by atoms with Gasteiger partial charge in [0.05, 0.1) is 4.83 Å². The number of halogens is 1. The fraction of sp³-hybridized carbons (Fsp3) is 0.778. The van der Waals surface area contributed by atoms with E-state index in [0.717, 1.165) is 12.8 Å². The summed E-state index contributed by atoms with van der Waals surface area (Å²) < 4.78 is 0. The van der Waals surface area contributed by atoms with E-state index in [9.17, 15) is 9.59 Å². The lowest BCUT2D eigenvalue weighted by Crippen LogP contribution is -2.46. The van der Waals surface area contributed by atoms with Crippen LogP contribution in [0.25, 0.3) is 0 Å². The minimum Gasteiger partial charge on any atom is -0.357 e. The third-order valence-corrected chi connectivity index (χ3v) is 2.82. The molecule has 0 unspecified atom stereocenters. The van der Waals surface area contributed by atoms with E-state index in [1.54, 1.807) is 18.9 Å². The van der Waals surface area contributed by atoms with Gasteiger partial charge in [0.15, 0.2) is 0 Å². The lowest BCUT2D eigenvalue weighted by atomic mass is 10.2. The summed E-state index contributed by atoms with van der Waals surface area (Å²) in [5.41, 5.74) is 0. The van der Waals surface area contributed by atoms with E-state index in [1.807, 2.05) is 0 Å². The molecule has 0 radical (unpaired) electrons. The van der Waals surface area contributed by atoms with Crippen LogP contribution < -0.4 is 5.32 Å². The van der Waals surface area contributed by atoms with Crippen molar-refractivity contribution in [1.29, 1.82) is 0 Å². The van der Waals surface area contributed by atoms with Crippen LogP contribution in [0, 0.1) is 0 Å². The Balaban J connectivity index is 2.68. The SMILES string of the molecule is CNC(=O)[C@@H]1CCCN1C(=O)[C@H](C)Br. The average molecular weight is 263 g/mol. The molecule has 5 heteroatoms. The molecule has 1 saturated heterocycles. The number of carbonyl (C=O) groups is 2. The maximum atomic E-state index is 11.7. The van der Waals surface area contributed by atoms with Crippen molar-refractivity contribution < 1.29 is 9.59 Å². The van der Waals surface area contributed by atoms with Crippen molar-refractivity contribution >= 4 is 27.7 Å². The summed E-state index contributed by atoms with van der Waals surface area (Å²) in [5.74, 6) is -0.0694. The Morgan fingerprint density at radius 2 is 2.21 bits per heavy atom. The van der Waals surface area contributed by atoms with Gasteiger partial charge in [0, 0.05) is 13.6 Å². The smallest absolute Gasteiger partial charge is 0.242 e. The summed E-state index contributed by atoms with van der Waals surface area (Å²) in [6.45, 7) is 2.47. The molecule has 4 nitrogen and oxygen atoms in total. The highest BCUT2D eigenvalue weighted by atomic mass is 79.9. The molecule has 1 aliphatic rings. The zero-order chi connectivity index (χ0) is 10.7. The van der Waals surface area contributed by atoms with Crippen LogP contribution in [0.3, 0.4) is 0 Å². The summed E-state index contributed by atoms with van der Waals surface area (Å²) in [4.78, 5) is 24.5. The number of amides is 2. The largest absolute Gasteiger partial charge is 0.357 e. The lowest BCUT2D eigenvalue weighted by Gasteiger charge is -2.24. The van der Waals surface area contributed by atoms with E-state index < -0.39 is 0 Å². The highest BCUT2D eigenvalue weighted by Gasteiger charge is 2.34. The minimum atomic E-state index is -0.271. The Morgan fingerprint density at radius 3 is 2.71 bits per heavy atom. The molecule has 80 valence electrons. The van der Waals surface area contributed by atoms with Crippen molar-refractivity contribution in [3.05, 3.63) is 0 Å².